The summed E-state index contributed by atoms with van der Waals surface area (Å²) >= 11 is 0. The average molecular weight is 260 g/mol. The van der Waals surface area contributed by atoms with Crippen LogP contribution in [0, 0.1) is 0 Å². The predicted molar refractivity (Wildman–Crippen MR) is 58.0 cm³/mol. The zero-order valence-electron chi connectivity index (χ0n) is 8.87. The van der Waals surface area contributed by atoms with E-state index in [2.05, 4.69) is 0 Å². The maximum Gasteiger partial charge on any atom is 0.333 e. The molecule has 8 heteroatoms. The molecule has 92 valence electrons. The summed E-state index contributed by atoms with van der Waals surface area (Å²) < 4.78 is 21.7. The Morgan fingerprint density at radius 1 is 1.27 bits per heavy atom. The lowest BCUT2D eigenvalue weighted by Gasteiger charge is -2.20. The molecule has 0 amide bonds. The van der Waals surface area contributed by atoms with Crippen molar-refractivity contribution in [3.8, 4) is 0 Å². The largest absolute Gasteiger partial charge is 0.392 e. The lowest BCUT2D eigenvalue weighted by molar-refractivity contribution is 0.180. The Morgan fingerprint density at radius 3 is 2.07 bits per heavy atom. The van der Waals surface area contributed by atoms with Crippen LogP contribution in [0.5, 0.6) is 0 Å². The highest BCUT2D eigenvalue weighted by Gasteiger charge is 2.28. The zero-order valence-corrected chi connectivity index (χ0v) is 10.7. The molecule has 1 atom stereocenters. The van der Waals surface area contributed by atoms with Crippen molar-refractivity contribution in [2.75, 3.05) is 25.5 Å². The van der Waals surface area contributed by atoms with Gasteiger partial charge >= 0.3 is 7.60 Å². The van der Waals surface area contributed by atoms with Crippen molar-refractivity contribution in [1.29, 1.82) is 0 Å². The molecule has 0 saturated heterocycles. The van der Waals surface area contributed by atoms with Gasteiger partial charge in [-0.25, -0.2) is 0 Å². The van der Waals surface area contributed by atoms with Crippen LogP contribution in [-0.4, -0.2) is 46.5 Å². The first-order valence-electron chi connectivity index (χ1n) is 4.65. The summed E-state index contributed by atoms with van der Waals surface area (Å²) in [6.45, 7) is 3.78. The van der Waals surface area contributed by atoms with E-state index in [-0.39, 0.29) is 25.5 Å². The second-order valence-corrected chi connectivity index (χ2v) is 6.05. The van der Waals surface area contributed by atoms with Gasteiger partial charge in [0.05, 0.1) is 25.5 Å². The third-order valence-electron chi connectivity index (χ3n) is 1.46. The van der Waals surface area contributed by atoms with Gasteiger partial charge < -0.3 is 23.9 Å². The summed E-state index contributed by atoms with van der Waals surface area (Å²) in [4.78, 5) is 17.3. The highest BCUT2D eigenvalue weighted by Crippen LogP contribution is 2.49. The highest BCUT2D eigenvalue weighted by atomic mass is 31.2. The van der Waals surface area contributed by atoms with E-state index in [1.165, 1.54) is 0 Å². The molecule has 15 heavy (non-hydrogen) atoms. The number of hydrogen-bond acceptors (Lipinski definition) is 6. The summed E-state index contributed by atoms with van der Waals surface area (Å²) in [6, 6.07) is 0. The van der Waals surface area contributed by atoms with Gasteiger partial charge in [0.25, 0.3) is 0 Å². The molecule has 3 N–H and O–H groups in total. The SMILES string of the molecule is CCOP(=O)(CC(O)CP(O)O)OCC. The normalized spacial score (nSPS) is 14.5. The molecule has 0 aliphatic rings. The molecular formula is C7H18O6P2. The monoisotopic (exact) mass is 260 g/mol. The number of hydrogen-bond donors (Lipinski definition) is 3. The first-order valence-corrected chi connectivity index (χ1v) is 7.81. The fourth-order valence-corrected chi connectivity index (χ4v) is 3.47. The van der Waals surface area contributed by atoms with E-state index in [1.807, 2.05) is 0 Å². The number of rotatable bonds is 8. The third kappa shape index (κ3) is 7.36. The van der Waals surface area contributed by atoms with E-state index in [4.69, 9.17) is 18.8 Å². The van der Waals surface area contributed by atoms with E-state index in [0.717, 1.165) is 0 Å². The van der Waals surface area contributed by atoms with Gasteiger partial charge in [-0.2, -0.15) is 0 Å². The van der Waals surface area contributed by atoms with E-state index < -0.39 is 22.1 Å². The lowest BCUT2D eigenvalue weighted by Crippen LogP contribution is -2.18. The summed E-state index contributed by atoms with van der Waals surface area (Å²) in [6.07, 6.45) is -1.51. The molecule has 0 fully saturated rings. The average Bonchev–Trinajstić information content (AvgIpc) is 2.01. The standard InChI is InChI=1S/C7H18O6P2/c1-3-12-15(11,13-4-2)6-7(8)5-14(9)10/h7-10H,3-6H2,1-2H3. The fourth-order valence-electron chi connectivity index (χ4n) is 1.04. The van der Waals surface area contributed by atoms with Crippen LogP contribution in [-0.2, 0) is 13.6 Å². The highest BCUT2D eigenvalue weighted by molar-refractivity contribution is 7.54. The molecule has 0 radical (unpaired) electrons. The predicted octanol–water partition coefficient (Wildman–Crippen LogP) is 0.910. The van der Waals surface area contributed by atoms with Crippen LogP contribution in [0.4, 0.5) is 0 Å². The Hall–Kier alpha value is 0.460. The van der Waals surface area contributed by atoms with Gasteiger partial charge in [-0.05, 0) is 13.8 Å². The van der Waals surface area contributed by atoms with Crippen LogP contribution in [0.15, 0.2) is 0 Å². The van der Waals surface area contributed by atoms with Crippen molar-refractivity contribution in [3.05, 3.63) is 0 Å². The molecular weight excluding hydrogens is 242 g/mol. The van der Waals surface area contributed by atoms with Crippen LogP contribution in [0.1, 0.15) is 13.8 Å². The molecule has 0 bridgehead atoms. The Bertz CT molecular complexity index is 200. The van der Waals surface area contributed by atoms with Gasteiger partial charge in [-0.1, -0.05) is 0 Å². The van der Waals surface area contributed by atoms with Gasteiger partial charge in [0.1, 0.15) is 0 Å². The second-order valence-electron chi connectivity index (χ2n) is 2.84. The van der Waals surface area contributed by atoms with E-state index in [1.54, 1.807) is 13.8 Å². The van der Waals surface area contributed by atoms with Gasteiger partial charge in [-0.3, -0.25) is 4.57 Å². The fraction of sp³-hybridized carbons (Fsp3) is 1.00. The first kappa shape index (κ1) is 15.5. The summed E-state index contributed by atoms with van der Waals surface area (Å²) in [5.41, 5.74) is 0. The second kappa shape index (κ2) is 7.69. The Morgan fingerprint density at radius 2 is 1.73 bits per heavy atom. The zero-order chi connectivity index (χ0) is 11.9. The number of aliphatic hydroxyl groups is 1. The van der Waals surface area contributed by atoms with Crippen LogP contribution in [0.2, 0.25) is 0 Å². The Balaban J connectivity index is 4.21. The molecule has 0 saturated carbocycles. The van der Waals surface area contributed by atoms with Gasteiger partial charge in [0.15, 0.2) is 8.38 Å². The minimum atomic E-state index is -3.29. The van der Waals surface area contributed by atoms with Gasteiger partial charge in [0.2, 0.25) is 0 Å². The van der Waals surface area contributed by atoms with Crippen LogP contribution >= 0.6 is 16.0 Å². The summed E-state index contributed by atoms with van der Waals surface area (Å²) in [5, 5.41) is 9.37. The van der Waals surface area contributed by atoms with Gasteiger partial charge in [0, 0.05) is 6.16 Å². The van der Waals surface area contributed by atoms with Crippen molar-refractivity contribution >= 4 is 16.0 Å². The van der Waals surface area contributed by atoms with Crippen molar-refractivity contribution < 1.29 is 28.5 Å². The molecule has 0 spiro atoms. The van der Waals surface area contributed by atoms with Gasteiger partial charge in [-0.15, -0.1) is 0 Å². The maximum atomic E-state index is 11.8. The topological polar surface area (TPSA) is 96.2 Å². The summed E-state index contributed by atoms with van der Waals surface area (Å²) in [5.74, 6) is 0. The Labute approximate surface area is 90.7 Å². The van der Waals surface area contributed by atoms with Crippen LogP contribution < -0.4 is 0 Å². The van der Waals surface area contributed by atoms with Crippen LogP contribution in [0.25, 0.3) is 0 Å². The molecule has 0 aliphatic carbocycles. The minimum absolute atomic E-state index is 0.209. The van der Waals surface area contributed by atoms with Crippen LogP contribution in [0.3, 0.4) is 0 Å². The lowest BCUT2D eigenvalue weighted by atomic mass is 10.5. The molecule has 0 aliphatic heterocycles. The molecule has 1 unspecified atom stereocenters. The van der Waals surface area contributed by atoms with Crippen molar-refractivity contribution in [2.45, 2.75) is 20.0 Å². The smallest absolute Gasteiger partial charge is 0.333 e. The van der Waals surface area contributed by atoms with E-state index in [9.17, 15) is 9.67 Å². The van der Waals surface area contributed by atoms with Crippen molar-refractivity contribution in [2.24, 2.45) is 0 Å². The molecule has 0 aromatic carbocycles. The quantitative estimate of drug-likeness (QED) is 0.561. The number of aliphatic hydroxyl groups excluding tert-OH is 1. The molecule has 0 rings (SSSR count). The molecule has 0 heterocycles. The van der Waals surface area contributed by atoms with Crippen molar-refractivity contribution in [1.82, 2.24) is 0 Å². The Kier molecular flexibility index (Phi) is 7.92. The third-order valence-corrected chi connectivity index (χ3v) is 4.38. The van der Waals surface area contributed by atoms with E-state index in [0.29, 0.717) is 0 Å². The molecule has 6 nitrogen and oxygen atoms in total. The molecule has 0 aromatic rings. The van der Waals surface area contributed by atoms with E-state index >= 15 is 0 Å². The first-order chi connectivity index (χ1) is 6.93. The van der Waals surface area contributed by atoms with Crippen molar-refractivity contribution in [3.63, 3.8) is 0 Å². The molecule has 0 aromatic heterocycles. The maximum absolute atomic E-state index is 11.8. The minimum Gasteiger partial charge on any atom is -0.392 e. The summed E-state index contributed by atoms with van der Waals surface area (Å²) in [7, 11) is -5.49.